The van der Waals surface area contributed by atoms with Gasteiger partial charge in [0.05, 0.1) is 25.7 Å². The molecule has 0 radical (unpaired) electrons. The van der Waals surface area contributed by atoms with Crippen molar-refractivity contribution in [2.24, 2.45) is 5.73 Å². The summed E-state index contributed by atoms with van der Waals surface area (Å²) in [6.45, 7) is 9.29. The third-order valence-corrected chi connectivity index (χ3v) is 4.79. The second-order valence-corrected chi connectivity index (χ2v) is 6.76. The number of carbonyl (C=O) groups excluding carboxylic acids is 1. The normalized spacial score (nSPS) is 12.9. The minimum Gasteiger partial charge on any atom is -0.370 e. The van der Waals surface area contributed by atoms with Gasteiger partial charge in [-0.2, -0.15) is 5.26 Å². The van der Waals surface area contributed by atoms with E-state index >= 15 is 0 Å². The number of rotatable bonds is 12. The van der Waals surface area contributed by atoms with Gasteiger partial charge >= 0.3 is 0 Å². The Morgan fingerprint density at radius 3 is 2.24 bits per heavy atom. The van der Waals surface area contributed by atoms with Crippen molar-refractivity contribution >= 4 is 14.4 Å². The first-order chi connectivity index (χ1) is 9.90. The summed E-state index contributed by atoms with van der Waals surface area (Å²) in [6, 6.07) is 2.66. The highest BCUT2D eigenvalue weighted by molar-refractivity contribution is 7.44. The van der Waals surface area contributed by atoms with Gasteiger partial charge in [0, 0.05) is 18.5 Å². The molecule has 6 nitrogen and oxygen atoms in total. The Balaban J connectivity index is 4.37. The van der Waals surface area contributed by atoms with Crippen molar-refractivity contribution in [1.29, 1.82) is 5.26 Å². The maximum Gasteiger partial charge on any atom is 0.259 e. The highest BCUT2D eigenvalue weighted by atomic mass is 31.2. The van der Waals surface area contributed by atoms with E-state index in [4.69, 9.17) is 20.0 Å². The molecule has 0 aromatic heterocycles. The van der Waals surface area contributed by atoms with Crippen LogP contribution < -0.4 is 5.73 Å². The lowest BCUT2D eigenvalue weighted by Gasteiger charge is -2.35. The van der Waals surface area contributed by atoms with E-state index in [1.807, 2.05) is 0 Å². The zero-order valence-corrected chi connectivity index (χ0v) is 14.4. The highest BCUT2D eigenvalue weighted by Gasteiger charge is 2.26. The predicted octanol–water partition coefficient (Wildman–Crippen LogP) is 2.93. The Morgan fingerprint density at radius 2 is 1.76 bits per heavy atom. The molecule has 0 aliphatic rings. The lowest BCUT2D eigenvalue weighted by atomic mass is 10.2. The molecule has 1 unspecified atom stereocenters. The van der Waals surface area contributed by atoms with Crippen molar-refractivity contribution in [2.45, 2.75) is 65.5 Å². The Hall–Kier alpha value is -0.730. The van der Waals surface area contributed by atoms with Crippen molar-refractivity contribution < 1.29 is 13.8 Å². The van der Waals surface area contributed by atoms with Gasteiger partial charge in [0.1, 0.15) is 0 Å². The van der Waals surface area contributed by atoms with Crippen LogP contribution in [0.25, 0.3) is 0 Å². The molecule has 0 spiro atoms. The van der Waals surface area contributed by atoms with Crippen LogP contribution in [0.1, 0.15) is 53.4 Å². The zero-order chi connectivity index (χ0) is 16.3. The van der Waals surface area contributed by atoms with Crippen LogP contribution in [0.4, 0.5) is 0 Å². The smallest absolute Gasteiger partial charge is 0.259 e. The van der Waals surface area contributed by atoms with E-state index in [-0.39, 0.29) is 5.91 Å². The van der Waals surface area contributed by atoms with Gasteiger partial charge in [-0.05, 0) is 40.5 Å². The van der Waals surface area contributed by atoms with Crippen LogP contribution in [0.2, 0.25) is 0 Å². The zero-order valence-electron chi connectivity index (χ0n) is 13.5. The Labute approximate surface area is 129 Å². The molecule has 0 saturated carbocycles. The fraction of sp³-hybridized carbons (Fsp3) is 0.857. The molecule has 0 saturated heterocycles. The fourth-order valence-electron chi connectivity index (χ4n) is 1.86. The molecule has 0 aliphatic heterocycles. The molecule has 0 aliphatic carbocycles. The molecular formula is C14H28N3O3P. The van der Waals surface area contributed by atoms with Crippen LogP contribution in [0.3, 0.4) is 0 Å². The molecule has 0 bridgehead atoms. The quantitative estimate of drug-likeness (QED) is 0.441. The van der Waals surface area contributed by atoms with Crippen LogP contribution in [-0.2, 0) is 13.8 Å². The number of carbonyl (C=O) groups is 1. The SMILES string of the molecule is CC(C)N(C(C)C)P(OCCC#N)OCCCCC(N)=O. The van der Waals surface area contributed by atoms with Crippen molar-refractivity contribution in [1.82, 2.24) is 4.67 Å². The molecule has 2 N–H and O–H groups in total. The van der Waals surface area contributed by atoms with Crippen LogP contribution in [-0.4, -0.2) is 35.9 Å². The minimum absolute atomic E-state index is 0.284. The molecule has 0 rings (SSSR count). The molecule has 7 heteroatoms. The summed E-state index contributed by atoms with van der Waals surface area (Å²) in [5.74, 6) is -0.284. The Kier molecular flexibility index (Phi) is 11.5. The van der Waals surface area contributed by atoms with Gasteiger partial charge in [-0.1, -0.05) is 0 Å². The van der Waals surface area contributed by atoms with Crippen molar-refractivity contribution in [3.63, 3.8) is 0 Å². The van der Waals surface area contributed by atoms with Crippen molar-refractivity contribution in [3.05, 3.63) is 0 Å². The third kappa shape index (κ3) is 9.76. The molecule has 1 atom stereocenters. The largest absolute Gasteiger partial charge is 0.370 e. The van der Waals surface area contributed by atoms with Gasteiger partial charge in [0.25, 0.3) is 8.53 Å². The monoisotopic (exact) mass is 317 g/mol. The third-order valence-electron chi connectivity index (χ3n) is 2.68. The summed E-state index contributed by atoms with van der Waals surface area (Å²) in [5, 5.41) is 8.61. The summed E-state index contributed by atoms with van der Waals surface area (Å²) in [6.07, 6.45) is 2.23. The first-order valence-corrected chi connectivity index (χ1v) is 8.52. The van der Waals surface area contributed by atoms with E-state index in [0.717, 1.165) is 12.8 Å². The topological polar surface area (TPSA) is 88.6 Å². The summed E-state index contributed by atoms with van der Waals surface area (Å²) < 4.78 is 13.8. The van der Waals surface area contributed by atoms with E-state index in [9.17, 15) is 4.79 Å². The number of nitrogens with zero attached hydrogens (tertiary/aromatic N) is 2. The average Bonchev–Trinajstić information content (AvgIpc) is 2.36. The van der Waals surface area contributed by atoms with Gasteiger partial charge in [-0.15, -0.1) is 0 Å². The molecular weight excluding hydrogens is 289 g/mol. The van der Waals surface area contributed by atoms with Gasteiger partial charge in [0.15, 0.2) is 0 Å². The second kappa shape index (κ2) is 11.9. The van der Waals surface area contributed by atoms with E-state index in [1.54, 1.807) is 0 Å². The molecule has 21 heavy (non-hydrogen) atoms. The van der Waals surface area contributed by atoms with Crippen LogP contribution in [0.5, 0.6) is 0 Å². The number of nitrogens with two attached hydrogens (primary N) is 1. The number of nitriles is 1. The predicted molar refractivity (Wildman–Crippen MR) is 84.2 cm³/mol. The molecule has 0 fully saturated rings. The standard InChI is InChI=1S/C14H28N3O3P/c1-12(2)17(13(3)4)21(20-11-7-9-15)19-10-6-5-8-14(16)18/h12-13H,5-8,10-11H2,1-4H3,(H2,16,18). The first kappa shape index (κ1) is 20.3. The van der Waals surface area contributed by atoms with Gasteiger partial charge in [-0.3, -0.25) is 4.79 Å². The maximum atomic E-state index is 10.7. The summed E-state index contributed by atoms with van der Waals surface area (Å²) in [7, 11) is -1.18. The lowest BCUT2D eigenvalue weighted by molar-refractivity contribution is -0.118. The van der Waals surface area contributed by atoms with Crippen molar-refractivity contribution in [2.75, 3.05) is 13.2 Å². The van der Waals surface area contributed by atoms with Gasteiger partial charge in [0.2, 0.25) is 5.91 Å². The van der Waals surface area contributed by atoms with Crippen LogP contribution >= 0.6 is 8.53 Å². The van der Waals surface area contributed by atoms with Gasteiger partial charge < -0.3 is 14.8 Å². The van der Waals surface area contributed by atoms with E-state index in [2.05, 4.69) is 38.4 Å². The average molecular weight is 317 g/mol. The number of amides is 1. The van der Waals surface area contributed by atoms with Crippen LogP contribution in [0, 0.1) is 11.3 Å². The molecule has 1 amide bonds. The molecule has 0 aromatic rings. The fourth-order valence-corrected chi connectivity index (χ4v) is 3.49. The summed E-state index contributed by atoms with van der Waals surface area (Å²) in [4.78, 5) is 10.7. The van der Waals surface area contributed by atoms with Crippen LogP contribution in [0.15, 0.2) is 0 Å². The number of hydrogen-bond acceptors (Lipinski definition) is 5. The summed E-state index contributed by atoms with van der Waals surface area (Å²) in [5.41, 5.74) is 5.10. The maximum absolute atomic E-state index is 10.7. The van der Waals surface area contributed by atoms with E-state index in [0.29, 0.717) is 38.1 Å². The van der Waals surface area contributed by atoms with Crippen molar-refractivity contribution in [3.8, 4) is 6.07 Å². The molecule has 122 valence electrons. The Morgan fingerprint density at radius 1 is 1.19 bits per heavy atom. The summed E-state index contributed by atoms with van der Waals surface area (Å²) >= 11 is 0. The molecule has 0 heterocycles. The first-order valence-electron chi connectivity index (χ1n) is 7.39. The Bertz CT molecular complexity index is 324. The second-order valence-electron chi connectivity index (χ2n) is 5.30. The van der Waals surface area contributed by atoms with E-state index < -0.39 is 8.53 Å². The number of primary amides is 1. The number of unbranched alkanes of at least 4 members (excludes halogenated alkanes) is 1. The van der Waals surface area contributed by atoms with E-state index in [1.165, 1.54) is 0 Å². The molecule has 0 aromatic carbocycles. The lowest BCUT2D eigenvalue weighted by Crippen LogP contribution is -2.33. The highest BCUT2D eigenvalue weighted by Crippen LogP contribution is 2.46. The van der Waals surface area contributed by atoms with Gasteiger partial charge in [-0.25, -0.2) is 4.67 Å². The minimum atomic E-state index is -1.18. The number of hydrogen-bond donors (Lipinski definition) is 1.